The number of anilines is 1. The Morgan fingerprint density at radius 3 is 2.72 bits per heavy atom. The number of carboxylic acid groups (broad SMARTS) is 2. The Bertz CT molecular complexity index is 654. The summed E-state index contributed by atoms with van der Waals surface area (Å²) >= 11 is 1.39. The van der Waals surface area contributed by atoms with Gasteiger partial charge in [-0.15, -0.1) is 11.8 Å². The first-order valence-corrected chi connectivity index (χ1v) is 8.86. The number of benzene rings is 1. The number of amides is 1. The lowest BCUT2D eigenvalue weighted by Gasteiger charge is -2.26. The number of para-hydroxylation sites is 1. The molecule has 1 heterocycles. The van der Waals surface area contributed by atoms with Crippen molar-refractivity contribution in [3.63, 3.8) is 0 Å². The molecule has 2 atom stereocenters. The Kier molecular flexibility index (Phi) is 6.80. The fourth-order valence-corrected chi connectivity index (χ4v) is 3.70. The highest BCUT2D eigenvalue weighted by Crippen LogP contribution is 2.34. The predicted molar refractivity (Wildman–Crippen MR) is 93.8 cm³/mol. The monoisotopic (exact) mass is 367 g/mol. The summed E-state index contributed by atoms with van der Waals surface area (Å²) < 4.78 is 0. The zero-order valence-electron chi connectivity index (χ0n) is 13.6. The van der Waals surface area contributed by atoms with Crippen molar-refractivity contribution in [2.75, 3.05) is 23.7 Å². The van der Waals surface area contributed by atoms with Gasteiger partial charge in [-0.2, -0.15) is 0 Å². The summed E-state index contributed by atoms with van der Waals surface area (Å²) in [5.41, 5.74) is 5.96. The maximum atomic E-state index is 12.8. The first-order valence-electron chi connectivity index (χ1n) is 7.88. The van der Waals surface area contributed by atoms with Crippen LogP contribution in [0, 0.1) is 0 Å². The van der Waals surface area contributed by atoms with E-state index in [0.717, 1.165) is 4.90 Å². The van der Waals surface area contributed by atoms with E-state index < -0.39 is 36.5 Å². The van der Waals surface area contributed by atoms with Crippen LogP contribution in [0.25, 0.3) is 0 Å². The van der Waals surface area contributed by atoms with Gasteiger partial charge in [0.2, 0.25) is 5.91 Å². The van der Waals surface area contributed by atoms with Crippen molar-refractivity contribution in [3.05, 3.63) is 24.3 Å². The maximum Gasteiger partial charge on any atom is 0.323 e. The van der Waals surface area contributed by atoms with Crippen LogP contribution in [0.3, 0.4) is 0 Å². The van der Waals surface area contributed by atoms with Gasteiger partial charge < -0.3 is 15.9 Å². The third kappa shape index (κ3) is 4.94. The second-order valence-corrected chi connectivity index (χ2v) is 6.70. The molecule has 136 valence electrons. The highest BCUT2D eigenvalue weighted by Gasteiger charge is 2.34. The Hall–Kier alpha value is -2.10. The van der Waals surface area contributed by atoms with Gasteiger partial charge >= 0.3 is 11.9 Å². The first kappa shape index (κ1) is 19.2. The van der Waals surface area contributed by atoms with Crippen LogP contribution in [0.1, 0.15) is 12.8 Å². The third-order valence-electron chi connectivity index (χ3n) is 3.82. The summed E-state index contributed by atoms with van der Waals surface area (Å²) in [6.07, 6.45) is 0.809. The molecule has 0 radical (unpaired) electrons. The summed E-state index contributed by atoms with van der Waals surface area (Å²) in [7, 11) is 0. The van der Waals surface area contributed by atoms with E-state index in [0.29, 0.717) is 30.8 Å². The van der Waals surface area contributed by atoms with Gasteiger partial charge in [-0.25, -0.2) is 0 Å². The van der Waals surface area contributed by atoms with E-state index in [1.54, 1.807) is 12.1 Å². The van der Waals surface area contributed by atoms with Crippen molar-refractivity contribution < 1.29 is 24.6 Å². The molecule has 0 spiro atoms. The van der Waals surface area contributed by atoms with Crippen LogP contribution in [-0.4, -0.2) is 59.0 Å². The molecule has 0 aliphatic carbocycles. The Balaban J connectivity index is 2.25. The number of fused-ring (bicyclic) bond motifs is 1. The minimum absolute atomic E-state index is 0.298. The van der Waals surface area contributed by atoms with Crippen molar-refractivity contribution >= 4 is 35.3 Å². The molecule has 0 saturated heterocycles. The minimum atomic E-state index is -1.13. The molecular weight excluding hydrogens is 346 g/mol. The molecule has 0 saturated carbocycles. The number of carbonyl (C=O) groups excluding carboxylic acids is 1. The number of nitrogens with one attached hydrogen (secondary N) is 1. The van der Waals surface area contributed by atoms with Gasteiger partial charge in [0.1, 0.15) is 12.6 Å². The number of carboxylic acids is 2. The second kappa shape index (κ2) is 8.84. The van der Waals surface area contributed by atoms with Crippen LogP contribution in [0.15, 0.2) is 29.2 Å². The number of rotatable bonds is 8. The van der Waals surface area contributed by atoms with Crippen molar-refractivity contribution in [1.82, 2.24) is 5.32 Å². The second-order valence-electron chi connectivity index (χ2n) is 5.64. The van der Waals surface area contributed by atoms with Crippen LogP contribution >= 0.6 is 11.8 Å². The van der Waals surface area contributed by atoms with Gasteiger partial charge in [0.05, 0.1) is 11.7 Å². The van der Waals surface area contributed by atoms with E-state index in [4.69, 9.17) is 10.8 Å². The average molecular weight is 367 g/mol. The number of thioether (sulfide) groups is 1. The van der Waals surface area contributed by atoms with E-state index in [1.807, 2.05) is 12.1 Å². The SMILES string of the molecule is NCCC[C@H](N[C@H]1CSc2ccccc2N(CC(=O)O)C1=O)C(=O)O. The molecule has 2 rings (SSSR count). The molecule has 5 N–H and O–H groups in total. The molecule has 1 aliphatic rings. The fraction of sp³-hybridized carbons (Fsp3) is 0.438. The molecule has 8 nitrogen and oxygen atoms in total. The van der Waals surface area contributed by atoms with E-state index in [2.05, 4.69) is 5.32 Å². The smallest absolute Gasteiger partial charge is 0.323 e. The number of nitrogens with zero attached hydrogens (tertiary/aromatic N) is 1. The molecular formula is C16H21N3O5S. The number of aliphatic carboxylic acids is 2. The lowest BCUT2D eigenvalue weighted by molar-refractivity contribution is -0.140. The van der Waals surface area contributed by atoms with Crippen LogP contribution in [-0.2, 0) is 14.4 Å². The van der Waals surface area contributed by atoms with E-state index in [1.165, 1.54) is 16.7 Å². The Morgan fingerprint density at radius 1 is 1.36 bits per heavy atom. The van der Waals surface area contributed by atoms with Crippen LogP contribution in [0.5, 0.6) is 0 Å². The standard InChI is InChI=1S/C16H21N3O5S/c17-7-3-4-10(16(23)24)18-11-9-25-13-6-2-1-5-12(13)19(15(11)22)8-14(20)21/h1-2,5-6,10-11,18H,3-4,7-9,17H2,(H,20,21)(H,23,24)/t10-,11-/m0/s1. The molecule has 0 aromatic heterocycles. The van der Waals surface area contributed by atoms with E-state index in [9.17, 15) is 19.5 Å². The van der Waals surface area contributed by atoms with Crippen molar-refractivity contribution in [3.8, 4) is 0 Å². The molecule has 25 heavy (non-hydrogen) atoms. The molecule has 0 unspecified atom stereocenters. The summed E-state index contributed by atoms with van der Waals surface area (Å²) in [5.74, 6) is -2.32. The molecule has 1 amide bonds. The zero-order valence-corrected chi connectivity index (χ0v) is 14.4. The van der Waals surface area contributed by atoms with E-state index in [-0.39, 0.29) is 0 Å². The van der Waals surface area contributed by atoms with Gasteiger partial charge in [-0.3, -0.25) is 24.6 Å². The van der Waals surface area contributed by atoms with Gasteiger partial charge in [-0.05, 0) is 31.5 Å². The van der Waals surface area contributed by atoms with Crippen molar-refractivity contribution in [1.29, 1.82) is 0 Å². The summed E-state index contributed by atoms with van der Waals surface area (Å²) in [6, 6.07) is 5.34. The quantitative estimate of drug-likeness (QED) is 0.518. The highest BCUT2D eigenvalue weighted by atomic mass is 32.2. The number of carbonyl (C=O) groups is 3. The highest BCUT2D eigenvalue weighted by molar-refractivity contribution is 7.99. The summed E-state index contributed by atoms with van der Waals surface area (Å²) in [5, 5.41) is 21.3. The number of hydrogen-bond donors (Lipinski definition) is 4. The topological polar surface area (TPSA) is 133 Å². The van der Waals surface area contributed by atoms with E-state index >= 15 is 0 Å². The van der Waals surface area contributed by atoms with Gasteiger partial charge in [0, 0.05) is 10.6 Å². The molecule has 0 fully saturated rings. The average Bonchev–Trinajstić information content (AvgIpc) is 2.70. The van der Waals surface area contributed by atoms with Crippen molar-refractivity contribution in [2.24, 2.45) is 5.73 Å². The normalized spacial score (nSPS) is 18.4. The first-order chi connectivity index (χ1) is 11.9. The Labute approximate surface area is 149 Å². The zero-order chi connectivity index (χ0) is 18.4. The van der Waals surface area contributed by atoms with Crippen LogP contribution in [0.2, 0.25) is 0 Å². The molecule has 9 heteroatoms. The number of nitrogens with two attached hydrogens (primary N) is 1. The summed E-state index contributed by atoms with van der Waals surface area (Å²) in [6.45, 7) is -0.121. The molecule has 1 aliphatic heterocycles. The molecule has 1 aromatic rings. The maximum absolute atomic E-state index is 12.8. The van der Waals surface area contributed by atoms with Gasteiger partial charge in [-0.1, -0.05) is 12.1 Å². The third-order valence-corrected chi connectivity index (χ3v) is 4.97. The number of hydrogen-bond acceptors (Lipinski definition) is 6. The predicted octanol–water partition coefficient (Wildman–Crippen LogP) is 0.360. The molecule has 1 aromatic carbocycles. The van der Waals surface area contributed by atoms with Gasteiger partial charge in [0.25, 0.3) is 0 Å². The Morgan fingerprint density at radius 2 is 2.08 bits per heavy atom. The van der Waals surface area contributed by atoms with Crippen LogP contribution in [0.4, 0.5) is 5.69 Å². The van der Waals surface area contributed by atoms with Crippen molar-refractivity contribution in [2.45, 2.75) is 29.8 Å². The largest absolute Gasteiger partial charge is 0.480 e. The fourth-order valence-electron chi connectivity index (χ4n) is 2.61. The van der Waals surface area contributed by atoms with Crippen LogP contribution < -0.4 is 16.0 Å². The van der Waals surface area contributed by atoms with Gasteiger partial charge in [0.15, 0.2) is 0 Å². The summed E-state index contributed by atoms with van der Waals surface area (Å²) in [4.78, 5) is 37.4. The minimum Gasteiger partial charge on any atom is -0.480 e. The lowest BCUT2D eigenvalue weighted by Crippen LogP contribution is -2.53. The lowest BCUT2D eigenvalue weighted by atomic mass is 10.1. The molecule has 0 bridgehead atoms.